The fourth-order valence-electron chi connectivity index (χ4n) is 3.12. The van der Waals surface area contributed by atoms with Gasteiger partial charge in [-0.25, -0.2) is 4.79 Å². The van der Waals surface area contributed by atoms with Crippen LogP contribution in [-0.4, -0.2) is 27.9 Å². The number of ether oxygens (including phenoxy) is 1. The standard InChI is InChI=1S/C21H22ClNO3/c1-14(2)26-20(21(24)25)11-16-13-23(19-6-4-3-5-18(16)19)12-15-7-9-17(22)10-8-15/h3-10,13-14,20H,11-12H2,1-2H3,(H,24,25). The summed E-state index contributed by atoms with van der Waals surface area (Å²) in [5, 5.41) is 11.2. The van der Waals surface area contributed by atoms with Gasteiger partial charge in [0.25, 0.3) is 0 Å². The molecule has 0 spiro atoms. The molecule has 0 aliphatic rings. The van der Waals surface area contributed by atoms with Crippen LogP contribution in [0.2, 0.25) is 5.02 Å². The molecule has 1 atom stereocenters. The first-order valence-electron chi connectivity index (χ1n) is 8.63. The van der Waals surface area contributed by atoms with Gasteiger partial charge in [0.2, 0.25) is 0 Å². The lowest BCUT2D eigenvalue weighted by Gasteiger charge is -2.16. The van der Waals surface area contributed by atoms with Crippen molar-refractivity contribution in [3.8, 4) is 0 Å². The number of fused-ring (bicyclic) bond motifs is 1. The molecule has 0 amide bonds. The van der Waals surface area contributed by atoms with Crippen LogP contribution in [0, 0.1) is 0 Å². The molecule has 0 aliphatic heterocycles. The largest absolute Gasteiger partial charge is 0.479 e. The Morgan fingerprint density at radius 2 is 1.85 bits per heavy atom. The summed E-state index contributed by atoms with van der Waals surface area (Å²) in [4.78, 5) is 11.6. The third kappa shape index (κ3) is 4.26. The molecule has 2 aromatic carbocycles. The molecule has 1 unspecified atom stereocenters. The smallest absolute Gasteiger partial charge is 0.333 e. The molecule has 0 fully saturated rings. The van der Waals surface area contributed by atoms with Crippen LogP contribution in [0.25, 0.3) is 10.9 Å². The molecule has 0 saturated carbocycles. The fraction of sp³-hybridized carbons (Fsp3) is 0.286. The van der Waals surface area contributed by atoms with Crippen LogP contribution in [0.1, 0.15) is 25.0 Å². The van der Waals surface area contributed by atoms with Crippen molar-refractivity contribution in [3.63, 3.8) is 0 Å². The molecule has 136 valence electrons. The highest BCUT2D eigenvalue weighted by molar-refractivity contribution is 6.30. The van der Waals surface area contributed by atoms with Gasteiger partial charge in [-0.3, -0.25) is 0 Å². The van der Waals surface area contributed by atoms with E-state index < -0.39 is 12.1 Å². The molecule has 0 saturated heterocycles. The van der Waals surface area contributed by atoms with E-state index >= 15 is 0 Å². The van der Waals surface area contributed by atoms with Gasteiger partial charge in [-0.05, 0) is 43.2 Å². The molecule has 0 bridgehead atoms. The first-order valence-corrected chi connectivity index (χ1v) is 9.01. The lowest BCUT2D eigenvalue weighted by Crippen LogP contribution is -2.29. The average molecular weight is 372 g/mol. The van der Waals surface area contributed by atoms with Gasteiger partial charge in [-0.2, -0.15) is 0 Å². The van der Waals surface area contributed by atoms with E-state index in [4.69, 9.17) is 16.3 Å². The summed E-state index contributed by atoms with van der Waals surface area (Å²) in [5.41, 5.74) is 3.18. The highest BCUT2D eigenvalue weighted by atomic mass is 35.5. The summed E-state index contributed by atoms with van der Waals surface area (Å²) in [6.45, 7) is 4.39. The maximum absolute atomic E-state index is 11.6. The van der Waals surface area contributed by atoms with Gasteiger partial charge in [-0.1, -0.05) is 41.9 Å². The third-order valence-corrected chi connectivity index (χ3v) is 4.51. The Labute approximate surface area is 158 Å². The van der Waals surface area contributed by atoms with E-state index in [1.165, 1.54) is 0 Å². The Morgan fingerprint density at radius 3 is 2.50 bits per heavy atom. The molecule has 5 heteroatoms. The number of aromatic nitrogens is 1. The fourth-order valence-corrected chi connectivity index (χ4v) is 3.25. The first-order chi connectivity index (χ1) is 12.4. The highest BCUT2D eigenvalue weighted by Crippen LogP contribution is 2.25. The molecule has 0 aliphatic carbocycles. The van der Waals surface area contributed by atoms with E-state index in [1.807, 2.05) is 68.6 Å². The zero-order chi connectivity index (χ0) is 18.7. The molecular weight excluding hydrogens is 350 g/mol. The SMILES string of the molecule is CC(C)OC(Cc1cn(Cc2ccc(Cl)cc2)c2ccccc12)C(=O)O. The number of carboxylic acid groups (broad SMARTS) is 1. The second-order valence-corrected chi connectivity index (χ2v) is 7.08. The number of hydrogen-bond donors (Lipinski definition) is 1. The van der Waals surface area contributed by atoms with Crippen molar-refractivity contribution >= 4 is 28.5 Å². The van der Waals surface area contributed by atoms with Crippen molar-refractivity contribution in [2.45, 2.75) is 39.0 Å². The number of aliphatic carboxylic acids is 1. The number of halogens is 1. The van der Waals surface area contributed by atoms with Crippen molar-refractivity contribution in [1.82, 2.24) is 4.57 Å². The number of carboxylic acids is 1. The summed E-state index contributed by atoms with van der Waals surface area (Å²) >= 11 is 5.97. The number of hydrogen-bond acceptors (Lipinski definition) is 2. The van der Waals surface area contributed by atoms with Crippen LogP contribution in [0.15, 0.2) is 54.7 Å². The zero-order valence-electron chi connectivity index (χ0n) is 14.9. The lowest BCUT2D eigenvalue weighted by molar-refractivity contribution is -0.153. The van der Waals surface area contributed by atoms with Crippen molar-refractivity contribution < 1.29 is 14.6 Å². The number of para-hydroxylation sites is 1. The highest BCUT2D eigenvalue weighted by Gasteiger charge is 2.22. The van der Waals surface area contributed by atoms with Gasteiger partial charge in [-0.15, -0.1) is 0 Å². The molecule has 1 N–H and O–H groups in total. The van der Waals surface area contributed by atoms with Gasteiger partial charge in [0.15, 0.2) is 6.10 Å². The van der Waals surface area contributed by atoms with Gasteiger partial charge >= 0.3 is 5.97 Å². The Hall–Kier alpha value is -2.30. The van der Waals surface area contributed by atoms with Crippen molar-refractivity contribution in [3.05, 3.63) is 70.9 Å². The quantitative estimate of drug-likeness (QED) is 0.651. The monoisotopic (exact) mass is 371 g/mol. The molecular formula is C21H22ClNO3. The topological polar surface area (TPSA) is 51.5 Å². The van der Waals surface area contributed by atoms with E-state index in [0.717, 1.165) is 22.0 Å². The molecule has 1 aromatic heterocycles. The average Bonchev–Trinajstić information content (AvgIpc) is 2.94. The Kier molecular flexibility index (Phi) is 5.64. The summed E-state index contributed by atoms with van der Waals surface area (Å²) in [6.07, 6.45) is 1.36. The minimum atomic E-state index is -0.937. The van der Waals surface area contributed by atoms with Crippen molar-refractivity contribution in [2.75, 3.05) is 0 Å². The van der Waals surface area contributed by atoms with Gasteiger partial charge in [0.1, 0.15) is 0 Å². The van der Waals surface area contributed by atoms with Crippen LogP contribution < -0.4 is 0 Å². The summed E-state index contributed by atoms with van der Waals surface area (Å²) in [7, 11) is 0. The van der Waals surface area contributed by atoms with E-state index in [0.29, 0.717) is 18.0 Å². The van der Waals surface area contributed by atoms with E-state index in [1.54, 1.807) is 0 Å². The Balaban J connectivity index is 1.93. The molecule has 3 aromatic rings. The predicted octanol–water partition coefficient (Wildman–Crippen LogP) is 4.76. The second-order valence-electron chi connectivity index (χ2n) is 6.64. The van der Waals surface area contributed by atoms with Crippen LogP contribution in [0.5, 0.6) is 0 Å². The van der Waals surface area contributed by atoms with Crippen LogP contribution >= 0.6 is 11.6 Å². The van der Waals surface area contributed by atoms with E-state index in [-0.39, 0.29) is 6.10 Å². The third-order valence-electron chi connectivity index (χ3n) is 4.25. The van der Waals surface area contributed by atoms with Crippen molar-refractivity contribution in [1.29, 1.82) is 0 Å². The Morgan fingerprint density at radius 1 is 1.15 bits per heavy atom. The number of rotatable bonds is 7. The molecule has 26 heavy (non-hydrogen) atoms. The number of benzene rings is 2. The summed E-state index contributed by atoms with van der Waals surface area (Å²) in [5.74, 6) is -0.937. The molecule has 0 radical (unpaired) electrons. The maximum atomic E-state index is 11.6. The van der Waals surface area contributed by atoms with Crippen molar-refractivity contribution in [2.24, 2.45) is 0 Å². The normalized spacial score (nSPS) is 12.6. The second kappa shape index (κ2) is 7.94. The Bertz CT molecular complexity index is 899. The minimum Gasteiger partial charge on any atom is -0.479 e. The molecule has 1 heterocycles. The van der Waals surface area contributed by atoms with Crippen LogP contribution in [0.4, 0.5) is 0 Å². The maximum Gasteiger partial charge on any atom is 0.333 e. The molecule has 4 nitrogen and oxygen atoms in total. The van der Waals surface area contributed by atoms with Crippen LogP contribution in [0.3, 0.4) is 0 Å². The van der Waals surface area contributed by atoms with Crippen LogP contribution in [-0.2, 0) is 22.5 Å². The van der Waals surface area contributed by atoms with E-state index in [9.17, 15) is 9.90 Å². The molecule has 3 rings (SSSR count). The first kappa shape index (κ1) is 18.5. The van der Waals surface area contributed by atoms with E-state index in [2.05, 4.69) is 4.57 Å². The van der Waals surface area contributed by atoms with Gasteiger partial charge in [0, 0.05) is 35.1 Å². The summed E-state index contributed by atoms with van der Waals surface area (Å²) < 4.78 is 7.72. The predicted molar refractivity (Wildman–Crippen MR) is 104 cm³/mol. The minimum absolute atomic E-state index is 0.140. The van der Waals surface area contributed by atoms with Gasteiger partial charge < -0.3 is 14.4 Å². The number of carbonyl (C=O) groups is 1. The summed E-state index contributed by atoms with van der Waals surface area (Å²) in [6, 6.07) is 15.8. The zero-order valence-corrected chi connectivity index (χ0v) is 15.6. The lowest BCUT2D eigenvalue weighted by atomic mass is 10.1. The van der Waals surface area contributed by atoms with Gasteiger partial charge in [0.05, 0.1) is 6.10 Å². The number of nitrogens with zero attached hydrogens (tertiary/aromatic N) is 1.